The third-order valence-corrected chi connectivity index (χ3v) is 3.33. The van der Waals surface area contributed by atoms with Crippen molar-refractivity contribution in [2.45, 2.75) is 33.8 Å². The maximum absolute atomic E-state index is 11.8. The minimum absolute atomic E-state index is 0.0232. The lowest BCUT2D eigenvalue weighted by atomic mass is 9.89. The summed E-state index contributed by atoms with van der Waals surface area (Å²) in [5.41, 5.74) is 0.922. The standard InChI is InChI=1S/C15H21ClN2O3/c1-9-7-10(16)5-6-11(9)18-14(21)13(20)17-8-12(19)15(2,3)4/h5-7,12,19H,8H2,1-4H3,(H,17,20)(H,18,21)/t12-/m0/s1. The highest BCUT2D eigenvalue weighted by Gasteiger charge is 2.24. The molecule has 1 aromatic carbocycles. The van der Waals surface area contributed by atoms with Crippen molar-refractivity contribution in [3.8, 4) is 0 Å². The molecule has 0 heterocycles. The maximum atomic E-state index is 11.8. The summed E-state index contributed by atoms with van der Waals surface area (Å²) in [6.07, 6.45) is -0.730. The number of amides is 2. The Morgan fingerprint density at radius 1 is 1.29 bits per heavy atom. The van der Waals surface area contributed by atoms with Gasteiger partial charge in [-0.15, -0.1) is 0 Å². The van der Waals surface area contributed by atoms with E-state index in [0.717, 1.165) is 5.56 Å². The predicted molar refractivity (Wildman–Crippen MR) is 83.3 cm³/mol. The van der Waals surface area contributed by atoms with E-state index < -0.39 is 17.9 Å². The summed E-state index contributed by atoms with van der Waals surface area (Å²) < 4.78 is 0. The van der Waals surface area contributed by atoms with Gasteiger partial charge in [0.1, 0.15) is 0 Å². The van der Waals surface area contributed by atoms with E-state index in [1.807, 2.05) is 20.8 Å². The zero-order valence-corrected chi connectivity index (χ0v) is 13.4. The minimum atomic E-state index is -0.785. The number of halogens is 1. The van der Waals surface area contributed by atoms with Crippen LogP contribution < -0.4 is 10.6 Å². The van der Waals surface area contributed by atoms with Crippen molar-refractivity contribution in [1.82, 2.24) is 5.32 Å². The predicted octanol–water partition coefficient (Wildman–Crippen LogP) is 2.11. The number of carbonyl (C=O) groups excluding carboxylic acids is 2. The second kappa shape index (κ2) is 6.91. The molecular weight excluding hydrogens is 292 g/mol. The molecule has 0 radical (unpaired) electrons. The normalized spacial score (nSPS) is 12.7. The number of nitrogens with one attached hydrogen (secondary N) is 2. The van der Waals surface area contributed by atoms with Crippen LogP contribution in [0.4, 0.5) is 5.69 Å². The summed E-state index contributed by atoms with van der Waals surface area (Å²) >= 11 is 5.82. The van der Waals surface area contributed by atoms with Crippen LogP contribution in [0.15, 0.2) is 18.2 Å². The van der Waals surface area contributed by atoms with Crippen LogP contribution in [-0.2, 0) is 9.59 Å². The molecule has 21 heavy (non-hydrogen) atoms. The number of carbonyl (C=O) groups is 2. The average Bonchev–Trinajstić information content (AvgIpc) is 2.37. The molecule has 5 nitrogen and oxygen atoms in total. The van der Waals surface area contributed by atoms with Crippen molar-refractivity contribution in [3.05, 3.63) is 28.8 Å². The number of benzene rings is 1. The Morgan fingerprint density at radius 3 is 2.43 bits per heavy atom. The first-order chi connectivity index (χ1) is 9.61. The molecule has 2 amide bonds. The minimum Gasteiger partial charge on any atom is -0.391 e. The smallest absolute Gasteiger partial charge is 0.313 e. The summed E-state index contributed by atoms with van der Waals surface area (Å²) in [6, 6.07) is 4.96. The molecule has 1 rings (SSSR count). The molecule has 0 aliphatic heterocycles. The molecule has 0 spiro atoms. The van der Waals surface area contributed by atoms with Gasteiger partial charge in [0.25, 0.3) is 0 Å². The molecular formula is C15H21ClN2O3. The summed E-state index contributed by atoms with van der Waals surface area (Å²) in [4.78, 5) is 23.5. The van der Waals surface area contributed by atoms with E-state index in [2.05, 4.69) is 10.6 Å². The second-order valence-electron chi connectivity index (χ2n) is 6.01. The Balaban J connectivity index is 2.57. The molecule has 0 unspecified atom stereocenters. The van der Waals surface area contributed by atoms with Gasteiger partial charge >= 0.3 is 11.8 Å². The van der Waals surface area contributed by atoms with Crippen LogP contribution in [0.5, 0.6) is 0 Å². The van der Waals surface area contributed by atoms with Gasteiger partial charge in [-0.2, -0.15) is 0 Å². The number of rotatable bonds is 3. The summed E-state index contributed by atoms with van der Waals surface area (Å²) in [6.45, 7) is 7.35. The van der Waals surface area contributed by atoms with Crippen LogP contribution in [-0.4, -0.2) is 29.6 Å². The quantitative estimate of drug-likeness (QED) is 0.748. The second-order valence-corrected chi connectivity index (χ2v) is 6.44. The Kier molecular flexibility index (Phi) is 5.75. The molecule has 6 heteroatoms. The van der Waals surface area contributed by atoms with Crippen molar-refractivity contribution in [3.63, 3.8) is 0 Å². The highest BCUT2D eigenvalue weighted by molar-refractivity contribution is 6.39. The van der Waals surface area contributed by atoms with E-state index in [0.29, 0.717) is 10.7 Å². The number of hydrogen-bond acceptors (Lipinski definition) is 3. The first kappa shape index (κ1) is 17.5. The molecule has 0 aliphatic rings. The molecule has 0 fully saturated rings. The van der Waals surface area contributed by atoms with Gasteiger partial charge in [0.2, 0.25) is 0 Å². The number of hydrogen-bond donors (Lipinski definition) is 3. The van der Waals surface area contributed by atoms with Gasteiger partial charge in [-0.3, -0.25) is 9.59 Å². The van der Waals surface area contributed by atoms with E-state index in [4.69, 9.17) is 11.6 Å². The van der Waals surface area contributed by atoms with Gasteiger partial charge < -0.3 is 15.7 Å². The topological polar surface area (TPSA) is 78.4 Å². The Labute approximate surface area is 129 Å². The summed E-state index contributed by atoms with van der Waals surface area (Å²) in [5.74, 6) is -1.56. The fourth-order valence-corrected chi connectivity index (χ4v) is 1.75. The zero-order chi connectivity index (χ0) is 16.2. The summed E-state index contributed by atoms with van der Waals surface area (Å²) in [5, 5.41) is 15.3. The highest BCUT2D eigenvalue weighted by Crippen LogP contribution is 2.20. The Morgan fingerprint density at radius 2 is 1.90 bits per heavy atom. The van der Waals surface area contributed by atoms with Crippen LogP contribution in [0.3, 0.4) is 0 Å². The van der Waals surface area contributed by atoms with Crippen LogP contribution in [0, 0.1) is 12.3 Å². The van der Waals surface area contributed by atoms with Gasteiger partial charge in [-0.25, -0.2) is 0 Å². The van der Waals surface area contributed by atoms with Crippen molar-refractivity contribution < 1.29 is 14.7 Å². The Bertz CT molecular complexity index is 538. The maximum Gasteiger partial charge on any atom is 0.313 e. The largest absolute Gasteiger partial charge is 0.391 e. The number of anilines is 1. The monoisotopic (exact) mass is 312 g/mol. The SMILES string of the molecule is Cc1cc(Cl)ccc1NC(=O)C(=O)NC[C@H](O)C(C)(C)C. The van der Waals surface area contributed by atoms with Crippen LogP contribution in [0.1, 0.15) is 26.3 Å². The van der Waals surface area contributed by atoms with Gasteiger partial charge in [-0.05, 0) is 36.1 Å². The molecule has 0 bridgehead atoms. The van der Waals surface area contributed by atoms with Crippen LogP contribution in [0.2, 0.25) is 5.02 Å². The molecule has 3 N–H and O–H groups in total. The van der Waals surface area contributed by atoms with Gasteiger partial charge in [0.05, 0.1) is 6.10 Å². The van der Waals surface area contributed by atoms with Gasteiger partial charge in [0.15, 0.2) is 0 Å². The molecule has 0 saturated heterocycles. The van der Waals surface area contributed by atoms with Crippen molar-refractivity contribution >= 4 is 29.1 Å². The number of aliphatic hydroxyl groups excluding tert-OH is 1. The van der Waals surface area contributed by atoms with E-state index in [-0.39, 0.29) is 12.0 Å². The van der Waals surface area contributed by atoms with Crippen molar-refractivity contribution in [1.29, 1.82) is 0 Å². The summed E-state index contributed by atoms with van der Waals surface area (Å²) in [7, 11) is 0. The molecule has 1 aromatic rings. The third kappa shape index (κ3) is 5.36. The lowest BCUT2D eigenvalue weighted by molar-refractivity contribution is -0.136. The molecule has 0 saturated carbocycles. The van der Waals surface area contributed by atoms with Crippen molar-refractivity contribution in [2.24, 2.45) is 5.41 Å². The fourth-order valence-electron chi connectivity index (χ4n) is 1.52. The highest BCUT2D eigenvalue weighted by atomic mass is 35.5. The molecule has 0 aliphatic carbocycles. The number of aryl methyl sites for hydroxylation is 1. The van der Waals surface area contributed by atoms with E-state index in [1.165, 1.54) is 0 Å². The third-order valence-electron chi connectivity index (χ3n) is 3.10. The lowest BCUT2D eigenvalue weighted by Gasteiger charge is -2.25. The number of aliphatic hydroxyl groups is 1. The first-order valence-electron chi connectivity index (χ1n) is 6.64. The lowest BCUT2D eigenvalue weighted by Crippen LogP contribution is -2.43. The zero-order valence-electron chi connectivity index (χ0n) is 12.7. The van der Waals surface area contributed by atoms with E-state index >= 15 is 0 Å². The van der Waals surface area contributed by atoms with Crippen LogP contribution in [0.25, 0.3) is 0 Å². The van der Waals surface area contributed by atoms with Gasteiger partial charge in [-0.1, -0.05) is 32.4 Å². The first-order valence-corrected chi connectivity index (χ1v) is 7.02. The van der Waals surface area contributed by atoms with Crippen molar-refractivity contribution in [2.75, 3.05) is 11.9 Å². The molecule has 0 aromatic heterocycles. The fraction of sp³-hybridized carbons (Fsp3) is 0.467. The van der Waals surface area contributed by atoms with Crippen LogP contribution >= 0.6 is 11.6 Å². The van der Waals surface area contributed by atoms with E-state index in [1.54, 1.807) is 25.1 Å². The average molecular weight is 313 g/mol. The van der Waals surface area contributed by atoms with Gasteiger partial charge in [0, 0.05) is 17.3 Å². The van der Waals surface area contributed by atoms with E-state index in [9.17, 15) is 14.7 Å². The molecule has 1 atom stereocenters. The Hall–Kier alpha value is -1.59. The molecule has 116 valence electrons.